The highest BCUT2D eigenvalue weighted by Gasteiger charge is 1.74. The largest absolute Gasteiger partial charge is 0.400 e. The van der Waals surface area contributed by atoms with Gasteiger partial charge in [0.25, 0.3) is 0 Å². The Morgan fingerprint density at radius 3 is 1.55 bits per heavy atom. The van der Waals surface area contributed by atoms with Crippen molar-refractivity contribution in [2.45, 2.75) is 13.8 Å². The molecule has 0 amide bonds. The highest BCUT2D eigenvalue weighted by Crippen LogP contribution is 2.05. The number of hydrogen-bond acceptors (Lipinski definition) is 1. The van der Waals surface area contributed by atoms with E-state index in [4.69, 9.17) is 5.11 Å². The van der Waals surface area contributed by atoms with Crippen molar-refractivity contribution in [3.8, 4) is 0 Å². The average Bonchev–Trinajstić information content (AvgIpc) is 2.13. The van der Waals surface area contributed by atoms with E-state index >= 15 is 0 Å². The molecule has 0 fully saturated rings. The third kappa shape index (κ3) is 9.66. The van der Waals surface area contributed by atoms with Crippen LogP contribution in [0.3, 0.4) is 0 Å². The first-order valence-electron chi connectivity index (χ1n) is 3.55. The Hall–Kier alpha value is -0.340. The van der Waals surface area contributed by atoms with E-state index in [-0.39, 0.29) is 0 Å². The van der Waals surface area contributed by atoms with Crippen LogP contribution >= 0.6 is 15.9 Å². The molecule has 0 atom stereocenters. The third-order valence-electron chi connectivity index (χ3n) is 0.733. The normalized spacial score (nSPS) is 6.64. The Balaban J connectivity index is 0. The molecule has 1 aromatic carbocycles. The van der Waals surface area contributed by atoms with Gasteiger partial charge in [0.15, 0.2) is 0 Å². The van der Waals surface area contributed by atoms with Crippen molar-refractivity contribution in [3.63, 3.8) is 0 Å². The summed E-state index contributed by atoms with van der Waals surface area (Å²) in [6.07, 6.45) is 0. The summed E-state index contributed by atoms with van der Waals surface area (Å²) < 4.78 is 1.13. The SMILES string of the molecule is Brc1ccccc1.CC.CO. The summed E-state index contributed by atoms with van der Waals surface area (Å²) >= 11 is 3.31. The van der Waals surface area contributed by atoms with Crippen LogP contribution < -0.4 is 0 Å². The van der Waals surface area contributed by atoms with Gasteiger partial charge in [0, 0.05) is 11.6 Å². The van der Waals surface area contributed by atoms with Gasteiger partial charge in [0.1, 0.15) is 0 Å². The van der Waals surface area contributed by atoms with Gasteiger partial charge in [-0.05, 0) is 12.1 Å². The van der Waals surface area contributed by atoms with Crippen molar-refractivity contribution in [1.82, 2.24) is 0 Å². The van der Waals surface area contributed by atoms with E-state index in [1.807, 2.05) is 44.2 Å². The van der Waals surface area contributed by atoms with Crippen molar-refractivity contribution in [1.29, 1.82) is 0 Å². The minimum atomic E-state index is 1.00. The zero-order chi connectivity index (χ0) is 9.11. The van der Waals surface area contributed by atoms with Crippen LogP contribution in [0.4, 0.5) is 0 Å². The molecule has 64 valence electrons. The molecule has 0 saturated heterocycles. The van der Waals surface area contributed by atoms with E-state index in [1.165, 1.54) is 0 Å². The summed E-state index contributed by atoms with van der Waals surface area (Å²) in [6, 6.07) is 9.97. The highest BCUT2D eigenvalue weighted by atomic mass is 79.9. The molecule has 0 aromatic heterocycles. The minimum absolute atomic E-state index is 1.00. The molecule has 0 unspecified atom stereocenters. The van der Waals surface area contributed by atoms with Crippen molar-refractivity contribution in [3.05, 3.63) is 34.8 Å². The molecular formula is C9H15BrO. The molecule has 2 heteroatoms. The zero-order valence-corrected chi connectivity index (χ0v) is 8.80. The molecule has 0 bridgehead atoms. The molecule has 0 aliphatic carbocycles. The topological polar surface area (TPSA) is 20.2 Å². The molecule has 1 nitrogen and oxygen atoms in total. The molecule has 1 aromatic rings. The molecule has 0 aliphatic heterocycles. The van der Waals surface area contributed by atoms with E-state index in [2.05, 4.69) is 15.9 Å². The number of halogens is 1. The van der Waals surface area contributed by atoms with Crippen LogP contribution in [-0.2, 0) is 0 Å². The number of hydrogen-bond donors (Lipinski definition) is 1. The molecule has 0 spiro atoms. The zero-order valence-electron chi connectivity index (χ0n) is 7.21. The van der Waals surface area contributed by atoms with E-state index in [9.17, 15) is 0 Å². The Bertz CT molecular complexity index is 139. The fourth-order valence-electron chi connectivity index (χ4n) is 0.415. The fraction of sp³-hybridized carbons (Fsp3) is 0.333. The fourth-order valence-corrected chi connectivity index (χ4v) is 0.720. The Kier molecular flexibility index (Phi) is 14.9. The van der Waals surface area contributed by atoms with Crippen LogP contribution in [0.25, 0.3) is 0 Å². The van der Waals surface area contributed by atoms with Crippen molar-refractivity contribution < 1.29 is 5.11 Å². The van der Waals surface area contributed by atoms with E-state index in [0.717, 1.165) is 11.6 Å². The maximum atomic E-state index is 7.00. The second-order valence-corrected chi connectivity index (χ2v) is 2.21. The van der Waals surface area contributed by atoms with E-state index in [1.54, 1.807) is 0 Å². The first-order chi connectivity index (χ1) is 5.39. The summed E-state index contributed by atoms with van der Waals surface area (Å²) in [6.45, 7) is 4.00. The van der Waals surface area contributed by atoms with Crippen molar-refractivity contribution >= 4 is 15.9 Å². The van der Waals surface area contributed by atoms with Crippen LogP contribution in [-0.4, -0.2) is 12.2 Å². The molecule has 0 heterocycles. The predicted octanol–water partition coefficient (Wildman–Crippen LogP) is 3.08. The molecule has 1 N–H and O–H groups in total. The van der Waals surface area contributed by atoms with Crippen LogP contribution in [0.15, 0.2) is 34.8 Å². The van der Waals surface area contributed by atoms with E-state index in [0.29, 0.717) is 0 Å². The lowest BCUT2D eigenvalue weighted by Gasteiger charge is -1.80. The van der Waals surface area contributed by atoms with Gasteiger partial charge in [-0.1, -0.05) is 48.0 Å². The van der Waals surface area contributed by atoms with Gasteiger partial charge in [-0.3, -0.25) is 0 Å². The quantitative estimate of drug-likeness (QED) is 0.710. The second kappa shape index (κ2) is 12.3. The van der Waals surface area contributed by atoms with Gasteiger partial charge in [0.05, 0.1) is 0 Å². The maximum absolute atomic E-state index is 7.00. The first kappa shape index (κ1) is 13.3. The third-order valence-corrected chi connectivity index (χ3v) is 1.26. The number of rotatable bonds is 0. The lowest BCUT2D eigenvalue weighted by Crippen LogP contribution is -1.55. The summed E-state index contributed by atoms with van der Waals surface area (Å²) in [5.74, 6) is 0. The van der Waals surface area contributed by atoms with Crippen LogP contribution in [0.1, 0.15) is 13.8 Å². The van der Waals surface area contributed by atoms with E-state index < -0.39 is 0 Å². The number of benzene rings is 1. The van der Waals surface area contributed by atoms with Gasteiger partial charge in [-0.25, -0.2) is 0 Å². The minimum Gasteiger partial charge on any atom is -0.400 e. The Morgan fingerprint density at radius 1 is 1.00 bits per heavy atom. The summed E-state index contributed by atoms with van der Waals surface area (Å²) in [4.78, 5) is 0. The Morgan fingerprint density at radius 2 is 1.36 bits per heavy atom. The van der Waals surface area contributed by atoms with Gasteiger partial charge in [-0.2, -0.15) is 0 Å². The molecular weight excluding hydrogens is 204 g/mol. The smallest absolute Gasteiger partial charge is 0.0319 e. The maximum Gasteiger partial charge on any atom is 0.0319 e. The summed E-state index contributed by atoms with van der Waals surface area (Å²) in [7, 11) is 1.00. The molecule has 0 radical (unpaired) electrons. The predicted molar refractivity (Wildman–Crippen MR) is 53.6 cm³/mol. The standard InChI is InChI=1S/C6H5Br.C2H6.CH4O/c7-6-4-2-1-3-5-6;2*1-2/h1-5H;1-2H3;2H,1H3. The van der Waals surface area contributed by atoms with Gasteiger partial charge < -0.3 is 5.11 Å². The molecule has 11 heavy (non-hydrogen) atoms. The van der Waals surface area contributed by atoms with Crippen LogP contribution in [0.5, 0.6) is 0 Å². The summed E-state index contributed by atoms with van der Waals surface area (Å²) in [5, 5.41) is 7.00. The van der Waals surface area contributed by atoms with Gasteiger partial charge >= 0.3 is 0 Å². The Labute approximate surface area is 77.2 Å². The second-order valence-electron chi connectivity index (χ2n) is 1.30. The van der Waals surface area contributed by atoms with Crippen LogP contribution in [0.2, 0.25) is 0 Å². The van der Waals surface area contributed by atoms with Crippen molar-refractivity contribution in [2.75, 3.05) is 7.11 Å². The van der Waals surface area contributed by atoms with Crippen molar-refractivity contribution in [2.24, 2.45) is 0 Å². The molecule has 0 saturated carbocycles. The van der Waals surface area contributed by atoms with Gasteiger partial charge in [0.2, 0.25) is 0 Å². The molecule has 1 rings (SSSR count). The van der Waals surface area contributed by atoms with Crippen LogP contribution in [0, 0.1) is 0 Å². The first-order valence-corrected chi connectivity index (χ1v) is 4.34. The molecule has 0 aliphatic rings. The monoisotopic (exact) mass is 218 g/mol. The number of aliphatic hydroxyl groups is 1. The van der Waals surface area contributed by atoms with Gasteiger partial charge in [-0.15, -0.1) is 0 Å². The highest BCUT2D eigenvalue weighted by molar-refractivity contribution is 9.10. The number of aliphatic hydroxyl groups excluding tert-OH is 1. The average molecular weight is 219 g/mol. The summed E-state index contributed by atoms with van der Waals surface area (Å²) in [5.41, 5.74) is 0. The lowest BCUT2D eigenvalue weighted by atomic mass is 10.4. The lowest BCUT2D eigenvalue weighted by molar-refractivity contribution is 0.399.